The fourth-order valence-corrected chi connectivity index (χ4v) is 12.7. The van der Waals surface area contributed by atoms with Crippen LogP contribution in [0.1, 0.15) is 67.2 Å². The van der Waals surface area contributed by atoms with Crippen molar-refractivity contribution in [2.45, 2.75) is 16.9 Å². The summed E-state index contributed by atoms with van der Waals surface area (Å²) in [6, 6.07) is 83.0. The van der Waals surface area contributed by atoms with E-state index in [0.29, 0.717) is 0 Å². The van der Waals surface area contributed by atoms with Gasteiger partial charge in [-0.05, 0) is 125 Å². The third-order valence-corrected chi connectivity index (χ3v) is 15.4. The molecule has 1 aliphatic heterocycles. The molecule has 10 aromatic carbocycles. The Balaban J connectivity index is 1.00. The van der Waals surface area contributed by atoms with Gasteiger partial charge in [0.25, 0.3) is 0 Å². The summed E-state index contributed by atoms with van der Waals surface area (Å²) in [5.74, 6) is 0.857. The van der Waals surface area contributed by atoms with E-state index in [9.17, 15) is 0 Å². The molecule has 3 nitrogen and oxygen atoms in total. The quantitative estimate of drug-likeness (QED) is 0.192. The van der Waals surface area contributed by atoms with Gasteiger partial charge in [-0.2, -0.15) is 0 Å². The van der Waals surface area contributed by atoms with Crippen LogP contribution in [0, 0.1) is 0 Å². The predicted molar refractivity (Wildman–Crippen MR) is 273 cm³/mol. The maximum atomic E-state index is 6.73. The maximum absolute atomic E-state index is 6.73. The molecule has 0 saturated carbocycles. The molecule has 2 heterocycles. The van der Waals surface area contributed by atoms with E-state index in [1.807, 2.05) is 0 Å². The average Bonchev–Trinajstić information content (AvgIpc) is 4.01. The van der Waals surface area contributed by atoms with Crippen molar-refractivity contribution in [1.82, 2.24) is 5.32 Å². The van der Waals surface area contributed by atoms with Gasteiger partial charge in [-0.1, -0.05) is 194 Å². The Labute approximate surface area is 388 Å². The second-order valence-corrected chi connectivity index (χ2v) is 18.5. The van der Waals surface area contributed by atoms with Crippen LogP contribution in [0.3, 0.4) is 0 Å². The molecule has 67 heavy (non-hydrogen) atoms. The van der Waals surface area contributed by atoms with Crippen LogP contribution in [0.4, 0.5) is 0 Å². The second-order valence-electron chi connectivity index (χ2n) is 18.5. The van der Waals surface area contributed by atoms with E-state index < -0.39 is 10.8 Å². The third-order valence-electron chi connectivity index (χ3n) is 15.4. The highest BCUT2D eigenvalue weighted by molar-refractivity contribution is 6.09. The molecular weight excluding hydrogens is 813 g/mol. The molecule has 0 radical (unpaired) electrons. The molecule has 0 bridgehead atoms. The molecule has 3 aliphatic carbocycles. The standard InChI is InChI=1S/C64H40N2O/c1-2-17-40(18-3-1)58-38-59(66-62(65-58)43-31-30-39-16-4-5-19-41(39)34-43)42-32-33-52-47(35-42)48-37-61-49(46-22-8-15-29-60(46)67-61)36-57(48)64(52)55-27-13-11-25-53(55)63(54-26-12-14-28-56(54)64)50-23-9-6-20-44(50)45-21-7-10-24-51(45)63/h1-38,59H,(H,65,66). The molecule has 1 unspecified atom stereocenters. The molecule has 3 heteroatoms. The van der Waals surface area contributed by atoms with Gasteiger partial charge in [0, 0.05) is 16.3 Å². The van der Waals surface area contributed by atoms with Gasteiger partial charge in [-0.25, -0.2) is 4.99 Å². The number of amidine groups is 1. The minimum Gasteiger partial charge on any atom is -0.456 e. The van der Waals surface area contributed by atoms with Crippen molar-refractivity contribution in [3.8, 4) is 22.3 Å². The summed E-state index contributed by atoms with van der Waals surface area (Å²) in [6.45, 7) is 0. The lowest BCUT2D eigenvalue weighted by Crippen LogP contribution is -2.43. The van der Waals surface area contributed by atoms with Gasteiger partial charge in [0.2, 0.25) is 0 Å². The van der Waals surface area contributed by atoms with Crippen molar-refractivity contribution >= 4 is 44.2 Å². The molecular formula is C64H40N2O. The zero-order valence-corrected chi connectivity index (χ0v) is 36.4. The first kappa shape index (κ1) is 36.8. The third kappa shape index (κ3) is 4.82. The molecule has 312 valence electrons. The van der Waals surface area contributed by atoms with Gasteiger partial charge < -0.3 is 9.73 Å². The highest BCUT2D eigenvalue weighted by Gasteiger charge is 2.59. The van der Waals surface area contributed by atoms with Crippen LogP contribution in [-0.4, -0.2) is 5.84 Å². The van der Waals surface area contributed by atoms with E-state index in [0.717, 1.165) is 44.6 Å². The Morgan fingerprint density at radius 3 is 1.66 bits per heavy atom. The van der Waals surface area contributed by atoms with Crippen LogP contribution in [0.15, 0.2) is 240 Å². The zero-order valence-electron chi connectivity index (χ0n) is 36.4. The van der Waals surface area contributed by atoms with E-state index in [-0.39, 0.29) is 6.04 Å². The number of nitrogens with one attached hydrogen (secondary N) is 1. The first-order valence-electron chi connectivity index (χ1n) is 23.3. The van der Waals surface area contributed by atoms with Crippen molar-refractivity contribution < 1.29 is 4.42 Å². The molecule has 1 aromatic heterocycles. The van der Waals surface area contributed by atoms with Gasteiger partial charge in [0.15, 0.2) is 0 Å². The maximum Gasteiger partial charge on any atom is 0.136 e. The van der Waals surface area contributed by atoms with E-state index in [2.05, 4.69) is 236 Å². The summed E-state index contributed by atoms with van der Waals surface area (Å²) < 4.78 is 6.73. The van der Waals surface area contributed by atoms with Crippen LogP contribution in [0.5, 0.6) is 0 Å². The Hall–Kier alpha value is -8.53. The van der Waals surface area contributed by atoms with Crippen LogP contribution < -0.4 is 5.32 Å². The summed E-state index contributed by atoms with van der Waals surface area (Å²) in [4.78, 5) is 5.31. The number of fused-ring (bicyclic) bond motifs is 20. The fraction of sp³-hybridized carbons (Fsp3) is 0.0469. The number of furan rings is 1. The minimum atomic E-state index is -0.635. The summed E-state index contributed by atoms with van der Waals surface area (Å²) in [5.41, 5.74) is 20.4. The highest BCUT2D eigenvalue weighted by atomic mass is 16.3. The van der Waals surface area contributed by atoms with Crippen molar-refractivity contribution in [2.24, 2.45) is 4.99 Å². The topological polar surface area (TPSA) is 37.5 Å². The lowest BCUT2D eigenvalue weighted by atomic mass is 9.52. The molecule has 0 fully saturated rings. The lowest BCUT2D eigenvalue weighted by molar-refractivity contribution is 0.632. The first-order valence-corrected chi connectivity index (χ1v) is 23.3. The van der Waals surface area contributed by atoms with Crippen molar-refractivity contribution in [3.63, 3.8) is 0 Å². The number of para-hydroxylation sites is 1. The molecule has 1 atom stereocenters. The van der Waals surface area contributed by atoms with Crippen LogP contribution in [-0.2, 0) is 10.8 Å². The van der Waals surface area contributed by atoms with Crippen LogP contribution in [0.2, 0.25) is 0 Å². The smallest absolute Gasteiger partial charge is 0.136 e. The molecule has 0 saturated heterocycles. The first-order chi connectivity index (χ1) is 33.2. The Kier molecular flexibility index (Phi) is 7.41. The summed E-state index contributed by atoms with van der Waals surface area (Å²) in [7, 11) is 0. The van der Waals surface area contributed by atoms with E-state index >= 15 is 0 Å². The molecule has 15 rings (SSSR count). The largest absolute Gasteiger partial charge is 0.456 e. The van der Waals surface area contributed by atoms with Crippen LogP contribution in [0.25, 0.3) is 60.7 Å². The zero-order chi connectivity index (χ0) is 43.8. The Morgan fingerprint density at radius 2 is 0.940 bits per heavy atom. The summed E-state index contributed by atoms with van der Waals surface area (Å²) >= 11 is 0. The molecule has 0 amide bonds. The molecule has 4 aliphatic rings. The number of aliphatic imine (C=N–C) groups is 1. The monoisotopic (exact) mass is 852 g/mol. The predicted octanol–water partition coefficient (Wildman–Crippen LogP) is 14.9. The van der Waals surface area contributed by atoms with Crippen molar-refractivity contribution in [1.29, 1.82) is 0 Å². The van der Waals surface area contributed by atoms with E-state index in [1.54, 1.807) is 0 Å². The number of nitrogens with zero attached hydrogens (tertiary/aromatic N) is 1. The number of hydrogen-bond donors (Lipinski definition) is 1. The van der Waals surface area contributed by atoms with E-state index in [4.69, 9.17) is 9.41 Å². The van der Waals surface area contributed by atoms with Gasteiger partial charge in [-0.3, -0.25) is 0 Å². The number of benzene rings is 10. The molecule has 1 N–H and O–H groups in total. The second kappa shape index (κ2) is 13.5. The Bertz CT molecular complexity index is 3890. The Morgan fingerprint density at radius 1 is 0.373 bits per heavy atom. The van der Waals surface area contributed by atoms with Crippen molar-refractivity contribution in [3.05, 3.63) is 292 Å². The van der Waals surface area contributed by atoms with Gasteiger partial charge >= 0.3 is 0 Å². The van der Waals surface area contributed by atoms with Crippen molar-refractivity contribution in [2.75, 3.05) is 0 Å². The highest BCUT2D eigenvalue weighted by Crippen LogP contribution is 2.68. The fourth-order valence-electron chi connectivity index (χ4n) is 12.7. The van der Waals surface area contributed by atoms with E-state index in [1.165, 1.54) is 83.1 Å². The van der Waals surface area contributed by atoms with Gasteiger partial charge in [0.1, 0.15) is 17.0 Å². The minimum absolute atomic E-state index is 0.157. The molecule has 11 aromatic rings. The SMILES string of the molecule is C1=C(c2ccccc2)N=C(c2ccc3ccccc3c2)NC1c1ccc2c(c1)-c1cc3oc4ccccc4c3cc1C21c2ccccc2C2(c3ccccc3-c3ccccc32)c2ccccc21. The summed E-state index contributed by atoms with van der Waals surface area (Å²) in [6.07, 6.45) is 2.29. The number of rotatable bonds is 3. The van der Waals surface area contributed by atoms with Gasteiger partial charge in [-0.15, -0.1) is 0 Å². The van der Waals surface area contributed by atoms with Gasteiger partial charge in [0.05, 0.1) is 22.6 Å². The summed E-state index contributed by atoms with van der Waals surface area (Å²) in [5, 5.41) is 8.58. The number of hydrogen-bond acceptors (Lipinski definition) is 3. The normalized spacial score (nSPS) is 16.4. The lowest BCUT2D eigenvalue weighted by Gasteiger charge is -2.48. The van der Waals surface area contributed by atoms with Crippen LogP contribution >= 0.6 is 0 Å². The molecule has 2 spiro atoms. The average molecular weight is 853 g/mol.